The van der Waals surface area contributed by atoms with Gasteiger partial charge >= 0.3 is 0 Å². The lowest BCUT2D eigenvalue weighted by Gasteiger charge is -2.36. The molecule has 0 radical (unpaired) electrons. The van der Waals surface area contributed by atoms with Crippen molar-refractivity contribution in [2.24, 2.45) is 0 Å². The second-order valence-electron chi connectivity index (χ2n) is 4.52. The molecule has 2 unspecified atom stereocenters. The molecule has 0 bridgehead atoms. The molecule has 2 rings (SSSR count). The zero-order chi connectivity index (χ0) is 12.4. The second kappa shape index (κ2) is 5.33. The summed E-state index contributed by atoms with van der Waals surface area (Å²) in [5, 5.41) is 10.3. The first kappa shape index (κ1) is 12.8. The quantitative estimate of drug-likeness (QED) is 0.896. The van der Waals surface area contributed by atoms with Gasteiger partial charge in [-0.15, -0.1) is 0 Å². The Hall–Kier alpha value is -0.650. The third-order valence-electron chi connectivity index (χ3n) is 3.10. The summed E-state index contributed by atoms with van der Waals surface area (Å²) in [4.78, 5) is 7.92. The van der Waals surface area contributed by atoms with E-state index < -0.39 is 0 Å². The van der Waals surface area contributed by atoms with Crippen molar-refractivity contribution in [3.8, 4) is 0 Å². The Morgan fingerprint density at radius 3 is 2.88 bits per heavy atom. The van der Waals surface area contributed by atoms with E-state index >= 15 is 0 Å². The van der Waals surface area contributed by atoms with E-state index in [0.717, 1.165) is 35.3 Å². The highest BCUT2D eigenvalue weighted by molar-refractivity contribution is 7.15. The summed E-state index contributed by atoms with van der Waals surface area (Å²) >= 11 is 1.61. The Balaban J connectivity index is 2.23. The van der Waals surface area contributed by atoms with Crippen LogP contribution in [-0.2, 0) is 17.8 Å². The average Bonchev–Trinajstić information content (AvgIpc) is 2.75. The Bertz CT molecular complexity index is 359. The van der Waals surface area contributed by atoms with Crippen LogP contribution in [0, 0.1) is 0 Å². The third kappa shape index (κ3) is 2.61. The zero-order valence-electron chi connectivity index (χ0n) is 10.6. The van der Waals surface area contributed by atoms with Crippen molar-refractivity contribution < 1.29 is 9.84 Å². The molecule has 5 heteroatoms. The highest BCUT2D eigenvalue weighted by atomic mass is 32.1. The SMILES string of the molecule is CCc1nc(N2CC(C)OCC2C)sc1CO. The number of hydrogen-bond donors (Lipinski definition) is 1. The molecule has 1 aliphatic heterocycles. The van der Waals surface area contributed by atoms with E-state index in [-0.39, 0.29) is 12.7 Å². The van der Waals surface area contributed by atoms with Crippen LogP contribution in [0.5, 0.6) is 0 Å². The van der Waals surface area contributed by atoms with Gasteiger partial charge in [0.2, 0.25) is 0 Å². The number of aryl methyl sites for hydroxylation is 1. The van der Waals surface area contributed by atoms with E-state index in [1.807, 2.05) is 0 Å². The number of aliphatic hydroxyl groups is 1. The molecular weight excluding hydrogens is 236 g/mol. The van der Waals surface area contributed by atoms with Gasteiger partial charge in [-0.3, -0.25) is 0 Å². The lowest BCUT2D eigenvalue weighted by molar-refractivity contribution is 0.0343. The molecule has 17 heavy (non-hydrogen) atoms. The Kier molecular flexibility index (Phi) is 4.01. The number of rotatable bonds is 3. The number of hydrogen-bond acceptors (Lipinski definition) is 5. The van der Waals surface area contributed by atoms with Crippen molar-refractivity contribution in [2.75, 3.05) is 18.1 Å². The molecule has 96 valence electrons. The van der Waals surface area contributed by atoms with Crippen molar-refractivity contribution in [3.05, 3.63) is 10.6 Å². The second-order valence-corrected chi connectivity index (χ2v) is 5.59. The van der Waals surface area contributed by atoms with Crippen molar-refractivity contribution in [1.82, 2.24) is 4.98 Å². The maximum absolute atomic E-state index is 9.31. The minimum Gasteiger partial charge on any atom is -0.391 e. The first-order valence-electron chi connectivity index (χ1n) is 6.13. The first-order valence-corrected chi connectivity index (χ1v) is 6.95. The molecule has 0 spiro atoms. The fourth-order valence-electron chi connectivity index (χ4n) is 2.06. The highest BCUT2D eigenvalue weighted by Gasteiger charge is 2.26. The van der Waals surface area contributed by atoms with Gasteiger partial charge in [-0.1, -0.05) is 18.3 Å². The fourth-order valence-corrected chi connectivity index (χ4v) is 3.18. The molecule has 2 atom stereocenters. The van der Waals surface area contributed by atoms with Gasteiger partial charge in [-0.05, 0) is 20.3 Å². The average molecular weight is 256 g/mol. The molecule has 1 saturated heterocycles. The smallest absolute Gasteiger partial charge is 0.186 e. The lowest BCUT2D eigenvalue weighted by Crippen LogP contribution is -2.47. The van der Waals surface area contributed by atoms with E-state index in [9.17, 15) is 5.11 Å². The van der Waals surface area contributed by atoms with Crippen molar-refractivity contribution in [1.29, 1.82) is 0 Å². The molecule has 0 amide bonds. The summed E-state index contributed by atoms with van der Waals surface area (Å²) in [7, 11) is 0. The zero-order valence-corrected chi connectivity index (χ0v) is 11.5. The van der Waals surface area contributed by atoms with Crippen molar-refractivity contribution >= 4 is 16.5 Å². The van der Waals surface area contributed by atoms with Crippen molar-refractivity contribution in [3.63, 3.8) is 0 Å². The first-order chi connectivity index (χ1) is 8.15. The van der Waals surface area contributed by atoms with Crippen molar-refractivity contribution in [2.45, 2.75) is 45.9 Å². The predicted octanol–water partition coefficient (Wildman–Crippen LogP) is 1.81. The summed E-state index contributed by atoms with van der Waals surface area (Å²) in [6, 6.07) is 0.355. The minimum atomic E-state index is 0.0924. The summed E-state index contributed by atoms with van der Waals surface area (Å²) in [6.45, 7) is 8.02. The standard InChI is InChI=1S/C12H20N2O2S/c1-4-10-11(6-15)17-12(13-10)14-5-9(3)16-7-8(14)2/h8-9,15H,4-7H2,1-3H3. The molecule has 1 aromatic rings. The molecule has 1 N–H and O–H groups in total. The topological polar surface area (TPSA) is 45.6 Å². The minimum absolute atomic E-state index is 0.0924. The molecule has 0 saturated carbocycles. The third-order valence-corrected chi connectivity index (χ3v) is 4.22. The number of aliphatic hydroxyl groups excluding tert-OH is 1. The Morgan fingerprint density at radius 1 is 1.53 bits per heavy atom. The number of thiazole rings is 1. The molecule has 1 fully saturated rings. The maximum Gasteiger partial charge on any atom is 0.186 e. The van der Waals surface area contributed by atoms with Crippen LogP contribution in [0.3, 0.4) is 0 Å². The summed E-state index contributed by atoms with van der Waals surface area (Å²) < 4.78 is 5.62. The van der Waals surface area contributed by atoms with Crippen LogP contribution in [0.4, 0.5) is 5.13 Å². The van der Waals surface area contributed by atoms with Crippen LogP contribution in [0.2, 0.25) is 0 Å². The fraction of sp³-hybridized carbons (Fsp3) is 0.750. The van der Waals surface area contributed by atoms with Gasteiger partial charge < -0.3 is 14.7 Å². The van der Waals surface area contributed by atoms with Gasteiger partial charge in [0.25, 0.3) is 0 Å². The summed E-state index contributed by atoms with van der Waals surface area (Å²) in [5.74, 6) is 0. The van der Waals surface area contributed by atoms with Gasteiger partial charge in [0.1, 0.15) is 0 Å². The van der Waals surface area contributed by atoms with Gasteiger partial charge in [-0.25, -0.2) is 4.98 Å². The molecule has 2 heterocycles. The molecule has 1 aromatic heterocycles. The van der Waals surface area contributed by atoms with E-state index in [1.165, 1.54) is 0 Å². The van der Waals surface area contributed by atoms with Crippen LogP contribution in [-0.4, -0.2) is 35.4 Å². The van der Waals surface area contributed by atoms with E-state index in [0.29, 0.717) is 6.04 Å². The van der Waals surface area contributed by atoms with Crippen LogP contribution in [0.25, 0.3) is 0 Å². The van der Waals surface area contributed by atoms with Gasteiger partial charge in [0.05, 0.1) is 35.9 Å². The summed E-state index contributed by atoms with van der Waals surface area (Å²) in [5.41, 5.74) is 1.03. The van der Waals surface area contributed by atoms with E-state index in [2.05, 4.69) is 30.7 Å². The van der Waals surface area contributed by atoms with E-state index in [1.54, 1.807) is 11.3 Å². The van der Waals surface area contributed by atoms with E-state index in [4.69, 9.17) is 4.74 Å². The summed E-state index contributed by atoms with van der Waals surface area (Å²) in [6.07, 6.45) is 1.12. The van der Waals surface area contributed by atoms with Crippen LogP contribution < -0.4 is 4.90 Å². The maximum atomic E-state index is 9.31. The van der Waals surface area contributed by atoms with Gasteiger partial charge in [0.15, 0.2) is 5.13 Å². The number of morpholine rings is 1. The monoisotopic (exact) mass is 256 g/mol. The number of ether oxygens (including phenoxy) is 1. The molecule has 1 aliphatic rings. The highest BCUT2D eigenvalue weighted by Crippen LogP contribution is 2.30. The largest absolute Gasteiger partial charge is 0.391 e. The number of aromatic nitrogens is 1. The van der Waals surface area contributed by atoms with Crippen LogP contribution in [0.15, 0.2) is 0 Å². The Labute approximate surface area is 106 Å². The molecule has 0 aromatic carbocycles. The molecule has 0 aliphatic carbocycles. The number of nitrogens with zero attached hydrogens (tertiary/aromatic N) is 2. The molecular formula is C12H20N2O2S. The number of anilines is 1. The van der Waals surface area contributed by atoms with Crippen LogP contribution >= 0.6 is 11.3 Å². The lowest BCUT2D eigenvalue weighted by atomic mass is 10.2. The van der Waals surface area contributed by atoms with Gasteiger partial charge in [0, 0.05) is 6.54 Å². The normalized spacial score (nSPS) is 25.3. The Morgan fingerprint density at radius 2 is 2.29 bits per heavy atom. The molecule has 4 nitrogen and oxygen atoms in total. The predicted molar refractivity (Wildman–Crippen MR) is 69.6 cm³/mol. The van der Waals surface area contributed by atoms with Crippen LogP contribution in [0.1, 0.15) is 31.3 Å². The van der Waals surface area contributed by atoms with Gasteiger partial charge in [-0.2, -0.15) is 0 Å².